The van der Waals surface area contributed by atoms with Gasteiger partial charge < -0.3 is 0 Å². The zero-order valence-electron chi connectivity index (χ0n) is 18.0. The Balaban J connectivity index is 2.63. The molecule has 2 aromatic rings. The van der Waals surface area contributed by atoms with Gasteiger partial charge in [0.05, 0.1) is 5.92 Å². The number of benzene rings is 2. The number of hydrogen-bond donors (Lipinski definition) is 0. The SMILES string of the molecule is [CH2]C(C)C(C(=O)c1c(CC)cccc1CC)C(=O)c1c(CC)cccc1CC. The van der Waals surface area contributed by atoms with Crippen LogP contribution in [0.5, 0.6) is 0 Å². The maximum absolute atomic E-state index is 13.7. The van der Waals surface area contributed by atoms with Crippen molar-refractivity contribution in [3.63, 3.8) is 0 Å². The standard InChI is InChI=1S/C26H33O2/c1-7-18-13-11-14-19(8-2)23(18)25(27)22(17(5)6)26(28)24-20(9-3)15-12-16-21(24)10-4/h11-17,22H,5,7-10H2,1-4,6H3. The molecule has 0 amide bonds. The Labute approximate surface area is 170 Å². The molecule has 1 unspecified atom stereocenters. The highest BCUT2D eigenvalue weighted by Crippen LogP contribution is 2.29. The molecule has 2 heteroatoms. The van der Waals surface area contributed by atoms with Gasteiger partial charge in [-0.05, 0) is 60.8 Å². The van der Waals surface area contributed by atoms with E-state index in [0.29, 0.717) is 0 Å². The Hall–Kier alpha value is -2.22. The molecule has 1 radical (unpaired) electrons. The van der Waals surface area contributed by atoms with Gasteiger partial charge in [0, 0.05) is 11.1 Å². The molecule has 2 rings (SSSR count). The van der Waals surface area contributed by atoms with Crippen LogP contribution in [0.3, 0.4) is 0 Å². The molecule has 0 aliphatic rings. The lowest BCUT2D eigenvalue weighted by atomic mass is 9.77. The fourth-order valence-corrected chi connectivity index (χ4v) is 4.07. The van der Waals surface area contributed by atoms with Crippen LogP contribution in [-0.2, 0) is 25.7 Å². The number of carbonyl (C=O) groups excluding carboxylic acids is 2. The number of carbonyl (C=O) groups is 2. The van der Waals surface area contributed by atoms with E-state index < -0.39 is 5.92 Å². The van der Waals surface area contributed by atoms with Gasteiger partial charge in [-0.3, -0.25) is 9.59 Å². The van der Waals surface area contributed by atoms with E-state index in [2.05, 4.69) is 34.6 Å². The van der Waals surface area contributed by atoms with Crippen molar-refractivity contribution in [2.75, 3.05) is 0 Å². The summed E-state index contributed by atoms with van der Waals surface area (Å²) in [5.41, 5.74) is 5.52. The normalized spacial score (nSPS) is 11.3. The minimum absolute atomic E-state index is 0.0743. The predicted octanol–water partition coefficient (Wildman–Crippen LogP) is 6.09. The Morgan fingerprint density at radius 2 is 1.00 bits per heavy atom. The highest BCUT2D eigenvalue weighted by atomic mass is 16.2. The molecule has 0 spiro atoms. The zero-order valence-corrected chi connectivity index (χ0v) is 18.0. The molecule has 1 atom stereocenters. The third-order valence-corrected chi connectivity index (χ3v) is 5.62. The van der Waals surface area contributed by atoms with Gasteiger partial charge in [0.15, 0.2) is 11.6 Å². The van der Waals surface area contributed by atoms with Gasteiger partial charge in [0.25, 0.3) is 0 Å². The van der Waals surface area contributed by atoms with E-state index in [4.69, 9.17) is 0 Å². The molecule has 0 fully saturated rings. The smallest absolute Gasteiger partial charge is 0.174 e. The molecule has 0 heterocycles. The Morgan fingerprint density at radius 1 is 0.714 bits per heavy atom. The third kappa shape index (κ3) is 4.27. The molecule has 0 bridgehead atoms. The van der Waals surface area contributed by atoms with E-state index in [9.17, 15) is 9.59 Å². The van der Waals surface area contributed by atoms with Crippen LogP contribution in [0, 0.1) is 18.8 Å². The van der Waals surface area contributed by atoms with Crippen molar-refractivity contribution >= 4 is 11.6 Å². The highest BCUT2D eigenvalue weighted by molar-refractivity contribution is 6.18. The molecule has 0 N–H and O–H groups in total. The summed E-state index contributed by atoms with van der Waals surface area (Å²) in [6, 6.07) is 12.0. The first-order valence-corrected chi connectivity index (χ1v) is 10.5. The molecule has 149 valence electrons. The first-order chi connectivity index (χ1) is 13.4. The zero-order chi connectivity index (χ0) is 20.8. The molecule has 0 saturated carbocycles. The maximum atomic E-state index is 13.7. The van der Waals surface area contributed by atoms with E-state index in [0.717, 1.165) is 59.1 Å². The van der Waals surface area contributed by atoms with Gasteiger partial charge in [-0.15, -0.1) is 0 Å². The van der Waals surface area contributed by atoms with Crippen LogP contribution in [0.1, 0.15) is 77.6 Å². The number of ketones is 2. The molecule has 0 aliphatic carbocycles. The molecule has 28 heavy (non-hydrogen) atoms. The summed E-state index contributed by atoms with van der Waals surface area (Å²) < 4.78 is 0. The summed E-state index contributed by atoms with van der Waals surface area (Å²) in [6.45, 7) is 14.2. The quantitative estimate of drug-likeness (QED) is 0.391. The maximum Gasteiger partial charge on any atom is 0.174 e. The van der Waals surface area contributed by atoms with E-state index in [-0.39, 0.29) is 17.5 Å². The van der Waals surface area contributed by atoms with Crippen LogP contribution in [0.4, 0.5) is 0 Å². The summed E-state index contributed by atoms with van der Waals surface area (Å²) >= 11 is 0. The lowest BCUT2D eigenvalue weighted by Crippen LogP contribution is -2.32. The fraction of sp³-hybridized carbons (Fsp3) is 0.423. The average Bonchev–Trinajstić information content (AvgIpc) is 2.71. The predicted molar refractivity (Wildman–Crippen MR) is 117 cm³/mol. The Morgan fingerprint density at radius 3 is 1.21 bits per heavy atom. The first kappa shape index (κ1) is 22.1. The van der Waals surface area contributed by atoms with Crippen molar-refractivity contribution < 1.29 is 9.59 Å². The second-order valence-electron chi connectivity index (χ2n) is 7.50. The molecule has 2 aromatic carbocycles. The molecular weight excluding hydrogens is 344 g/mol. The second kappa shape index (κ2) is 9.82. The van der Waals surface area contributed by atoms with Crippen LogP contribution in [0.2, 0.25) is 0 Å². The van der Waals surface area contributed by atoms with Gasteiger partial charge in [-0.25, -0.2) is 0 Å². The number of aryl methyl sites for hydroxylation is 4. The first-order valence-electron chi connectivity index (χ1n) is 10.5. The molecule has 0 saturated heterocycles. The fourth-order valence-electron chi connectivity index (χ4n) is 4.07. The molecule has 2 nitrogen and oxygen atoms in total. The van der Waals surface area contributed by atoms with Gasteiger partial charge in [-0.2, -0.15) is 0 Å². The van der Waals surface area contributed by atoms with Crippen LogP contribution in [0.15, 0.2) is 36.4 Å². The largest absolute Gasteiger partial charge is 0.293 e. The van der Waals surface area contributed by atoms with Crippen LogP contribution in [-0.4, -0.2) is 11.6 Å². The van der Waals surface area contributed by atoms with E-state index in [1.807, 2.05) is 43.3 Å². The van der Waals surface area contributed by atoms with Gasteiger partial charge in [0.1, 0.15) is 0 Å². The van der Waals surface area contributed by atoms with Crippen molar-refractivity contribution in [2.24, 2.45) is 11.8 Å². The summed E-state index contributed by atoms with van der Waals surface area (Å²) in [4.78, 5) is 27.4. The van der Waals surface area contributed by atoms with E-state index in [1.165, 1.54) is 0 Å². The van der Waals surface area contributed by atoms with Gasteiger partial charge in [-0.1, -0.05) is 71.0 Å². The van der Waals surface area contributed by atoms with Crippen molar-refractivity contribution in [1.82, 2.24) is 0 Å². The summed E-state index contributed by atoms with van der Waals surface area (Å²) in [5, 5.41) is 0. The minimum Gasteiger partial charge on any atom is -0.293 e. The van der Waals surface area contributed by atoms with E-state index >= 15 is 0 Å². The van der Waals surface area contributed by atoms with Crippen LogP contribution >= 0.6 is 0 Å². The lowest BCUT2D eigenvalue weighted by Gasteiger charge is -2.24. The number of rotatable bonds is 9. The Bertz CT molecular complexity index is 734. The van der Waals surface area contributed by atoms with Gasteiger partial charge >= 0.3 is 0 Å². The average molecular weight is 378 g/mol. The Kier molecular flexibility index (Phi) is 7.74. The molecule has 0 aliphatic heterocycles. The summed E-state index contributed by atoms with van der Waals surface area (Å²) in [7, 11) is 0. The van der Waals surface area contributed by atoms with Crippen molar-refractivity contribution in [3.8, 4) is 0 Å². The van der Waals surface area contributed by atoms with Gasteiger partial charge in [0.2, 0.25) is 0 Å². The second-order valence-corrected chi connectivity index (χ2v) is 7.50. The number of Topliss-reactive ketones (excluding diaryl/α,β-unsaturated/α-hetero) is 2. The summed E-state index contributed by atoms with van der Waals surface area (Å²) in [5.74, 6) is -1.20. The third-order valence-electron chi connectivity index (χ3n) is 5.62. The van der Waals surface area contributed by atoms with Crippen molar-refractivity contribution in [2.45, 2.75) is 60.3 Å². The summed E-state index contributed by atoms with van der Waals surface area (Å²) in [6.07, 6.45) is 3.08. The minimum atomic E-state index is -0.754. The number of hydrogen-bond acceptors (Lipinski definition) is 2. The molecular formula is C26H33O2. The van der Waals surface area contributed by atoms with Crippen LogP contribution < -0.4 is 0 Å². The van der Waals surface area contributed by atoms with Crippen molar-refractivity contribution in [3.05, 3.63) is 76.7 Å². The van der Waals surface area contributed by atoms with E-state index in [1.54, 1.807) is 0 Å². The molecule has 0 aromatic heterocycles. The monoisotopic (exact) mass is 377 g/mol. The highest BCUT2D eigenvalue weighted by Gasteiger charge is 2.35. The topological polar surface area (TPSA) is 34.1 Å². The lowest BCUT2D eigenvalue weighted by molar-refractivity contribution is 0.0774. The van der Waals surface area contributed by atoms with Crippen molar-refractivity contribution in [1.29, 1.82) is 0 Å². The van der Waals surface area contributed by atoms with Crippen LogP contribution in [0.25, 0.3) is 0 Å².